The van der Waals surface area contributed by atoms with E-state index < -0.39 is 6.09 Å². The van der Waals surface area contributed by atoms with E-state index in [0.717, 1.165) is 12.8 Å². The van der Waals surface area contributed by atoms with Crippen molar-refractivity contribution >= 4 is 18.5 Å². The van der Waals surface area contributed by atoms with Crippen LogP contribution in [0.15, 0.2) is 0 Å². The van der Waals surface area contributed by atoms with Gasteiger partial charge < -0.3 is 15.7 Å². The Morgan fingerprint density at radius 3 is 2.58 bits per heavy atom. The number of halogens is 1. The topological polar surface area (TPSA) is 66.6 Å². The highest BCUT2D eigenvalue weighted by Crippen LogP contribution is 2.15. The van der Waals surface area contributed by atoms with Gasteiger partial charge in [-0.25, -0.2) is 4.79 Å². The van der Waals surface area contributed by atoms with Crippen LogP contribution in [0.5, 0.6) is 0 Å². The lowest BCUT2D eigenvalue weighted by Gasteiger charge is -2.34. The van der Waals surface area contributed by atoms with Crippen molar-refractivity contribution in [2.75, 3.05) is 6.54 Å². The van der Waals surface area contributed by atoms with Crippen molar-refractivity contribution in [2.45, 2.75) is 31.8 Å². The van der Waals surface area contributed by atoms with Gasteiger partial charge in [-0.15, -0.1) is 12.4 Å². The molecule has 72 valence electrons. The molecule has 0 radical (unpaired) electrons. The summed E-state index contributed by atoms with van der Waals surface area (Å²) in [5.41, 5.74) is 5.62. The van der Waals surface area contributed by atoms with Crippen LogP contribution in [-0.2, 0) is 0 Å². The Hall–Kier alpha value is -0.480. The zero-order valence-electron chi connectivity index (χ0n) is 7.06. The maximum atomic E-state index is 10.6. The first-order valence-electron chi connectivity index (χ1n) is 3.86. The van der Waals surface area contributed by atoms with Gasteiger partial charge in [0.05, 0.1) is 0 Å². The van der Waals surface area contributed by atoms with Crippen molar-refractivity contribution < 1.29 is 9.90 Å². The van der Waals surface area contributed by atoms with E-state index in [-0.39, 0.29) is 24.5 Å². The quantitative estimate of drug-likeness (QED) is 0.602. The van der Waals surface area contributed by atoms with Gasteiger partial charge >= 0.3 is 6.09 Å². The van der Waals surface area contributed by atoms with Gasteiger partial charge in [-0.2, -0.15) is 0 Å². The molecule has 0 spiro atoms. The van der Waals surface area contributed by atoms with Crippen LogP contribution in [0.25, 0.3) is 0 Å². The van der Waals surface area contributed by atoms with Crippen molar-refractivity contribution in [3.8, 4) is 0 Å². The van der Waals surface area contributed by atoms with E-state index in [0.29, 0.717) is 6.54 Å². The third-order valence-electron chi connectivity index (χ3n) is 2.16. The number of hydrogen-bond acceptors (Lipinski definition) is 2. The van der Waals surface area contributed by atoms with Crippen molar-refractivity contribution in [1.29, 1.82) is 0 Å². The number of amides is 1. The largest absolute Gasteiger partial charge is 0.465 e. The zero-order valence-corrected chi connectivity index (χ0v) is 7.88. The van der Waals surface area contributed by atoms with Gasteiger partial charge in [0.25, 0.3) is 0 Å². The molecule has 0 unspecified atom stereocenters. The molecule has 1 amide bonds. The molecule has 0 aromatic rings. The van der Waals surface area contributed by atoms with Crippen molar-refractivity contribution in [3.05, 3.63) is 0 Å². The van der Waals surface area contributed by atoms with Gasteiger partial charge in [-0.1, -0.05) is 0 Å². The van der Waals surface area contributed by atoms with Gasteiger partial charge in [0.1, 0.15) is 0 Å². The molecule has 3 N–H and O–H groups in total. The summed E-state index contributed by atoms with van der Waals surface area (Å²) in [5.74, 6) is 0. The normalized spacial score (nSPS) is 29.3. The van der Waals surface area contributed by atoms with Gasteiger partial charge in [-0.3, -0.25) is 0 Å². The fourth-order valence-electron chi connectivity index (χ4n) is 1.40. The minimum Gasteiger partial charge on any atom is -0.465 e. The van der Waals surface area contributed by atoms with Gasteiger partial charge in [0.15, 0.2) is 0 Å². The molecule has 1 fully saturated rings. The second-order valence-corrected chi connectivity index (χ2v) is 3.12. The second kappa shape index (κ2) is 4.52. The summed E-state index contributed by atoms with van der Waals surface area (Å²) in [7, 11) is 0. The monoisotopic (exact) mass is 194 g/mol. The molecule has 5 heteroatoms. The lowest BCUT2D eigenvalue weighted by Crippen LogP contribution is -2.49. The van der Waals surface area contributed by atoms with Crippen molar-refractivity contribution in [3.63, 3.8) is 0 Å². The summed E-state index contributed by atoms with van der Waals surface area (Å²) in [4.78, 5) is 12.0. The number of nitrogens with zero attached hydrogens (tertiary/aromatic N) is 1. The molecule has 1 saturated heterocycles. The molecular weight excluding hydrogens is 180 g/mol. The SMILES string of the molecule is C[C@H]1CC[C@@H](N)CN1C(=O)O.Cl. The third-order valence-corrected chi connectivity index (χ3v) is 2.16. The molecule has 0 aliphatic carbocycles. The average Bonchev–Trinajstić information content (AvgIpc) is 1.94. The standard InChI is InChI=1S/C7H14N2O2.ClH/c1-5-2-3-6(8)4-9(5)7(10)11;/h5-6H,2-4,8H2,1H3,(H,10,11);1H/t5-,6+;/m0./s1. The maximum absolute atomic E-state index is 10.6. The van der Waals surface area contributed by atoms with Crippen molar-refractivity contribution in [2.24, 2.45) is 5.73 Å². The van der Waals surface area contributed by atoms with Crippen LogP contribution < -0.4 is 5.73 Å². The summed E-state index contributed by atoms with van der Waals surface area (Å²) in [6.45, 7) is 2.40. The summed E-state index contributed by atoms with van der Waals surface area (Å²) < 4.78 is 0. The number of hydrogen-bond donors (Lipinski definition) is 2. The van der Waals surface area contributed by atoms with Crippen LogP contribution >= 0.6 is 12.4 Å². The minimum absolute atomic E-state index is 0. The Balaban J connectivity index is 0.00000121. The van der Waals surface area contributed by atoms with Crippen LogP contribution in [0.3, 0.4) is 0 Å². The summed E-state index contributed by atoms with van der Waals surface area (Å²) in [5, 5.41) is 8.70. The zero-order chi connectivity index (χ0) is 8.43. The lowest BCUT2D eigenvalue weighted by molar-refractivity contribution is 0.106. The van der Waals surface area contributed by atoms with E-state index >= 15 is 0 Å². The first-order chi connectivity index (χ1) is 5.11. The number of nitrogens with two attached hydrogens (primary N) is 1. The molecule has 4 nitrogen and oxygen atoms in total. The second-order valence-electron chi connectivity index (χ2n) is 3.12. The summed E-state index contributed by atoms with van der Waals surface area (Å²) in [6.07, 6.45) is 0.964. The Morgan fingerprint density at radius 2 is 2.17 bits per heavy atom. The Morgan fingerprint density at radius 1 is 1.58 bits per heavy atom. The highest BCUT2D eigenvalue weighted by Gasteiger charge is 2.26. The molecule has 12 heavy (non-hydrogen) atoms. The summed E-state index contributed by atoms with van der Waals surface area (Å²) >= 11 is 0. The molecule has 0 aromatic heterocycles. The lowest BCUT2D eigenvalue weighted by atomic mass is 10.0. The van der Waals surface area contributed by atoms with E-state index in [9.17, 15) is 4.79 Å². The highest BCUT2D eigenvalue weighted by molar-refractivity contribution is 5.85. The fourth-order valence-corrected chi connectivity index (χ4v) is 1.40. The predicted molar refractivity (Wildman–Crippen MR) is 48.7 cm³/mol. The Labute approximate surface area is 78.1 Å². The summed E-state index contributed by atoms with van der Waals surface area (Å²) in [6, 6.07) is 0.162. The number of rotatable bonds is 0. The number of piperidine rings is 1. The number of likely N-dealkylation sites (tertiary alicyclic amines) is 1. The maximum Gasteiger partial charge on any atom is 0.407 e. The van der Waals surface area contributed by atoms with E-state index in [1.807, 2.05) is 6.92 Å². The first-order valence-corrected chi connectivity index (χ1v) is 3.86. The van der Waals surface area contributed by atoms with E-state index in [2.05, 4.69) is 0 Å². The van der Waals surface area contributed by atoms with Gasteiger partial charge in [0, 0.05) is 18.6 Å². The van der Waals surface area contributed by atoms with Crippen LogP contribution in [0, 0.1) is 0 Å². The van der Waals surface area contributed by atoms with E-state index in [1.54, 1.807) is 0 Å². The smallest absolute Gasteiger partial charge is 0.407 e. The van der Waals surface area contributed by atoms with Crippen LogP contribution in [0.1, 0.15) is 19.8 Å². The molecule has 2 atom stereocenters. The van der Waals surface area contributed by atoms with Gasteiger partial charge in [-0.05, 0) is 19.8 Å². The molecule has 0 saturated carbocycles. The van der Waals surface area contributed by atoms with Crippen LogP contribution in [-0.4, -0.2) is 34.7 Å². The minimum atomic E-state index is -0.854. The molecule has 0 bridgehead atoms. The van der Waals surface area contributed by atoms with Gasteiger partial charge in [0.2, 0.25) is 0 Å². The van der Waals surface area contributed by atoms with Crippen LogP contribution in [0.4, 0.5) is 4.79 Å². The Bertz CT molecular complexity index is 165. The Kier molecular flexibility index (Phi) is 4.34. The predicted octanol–water partition coefficient (Wildman–Crippen LogP) is 0.898. The van der Waals surface area contributed by atoms with E-state index in [1.165, 1.54) is 4.90 Å². The molecule has 1 heterocycles. The molecular formula is C7H15ClN2O2. The fraction of sp³-hybridized carbons (Fsp3) is 0.857. The molecule has 0 aromatic carbocycles. The third kappa shape index (κ3) is 2.53. The molecule has 1 aliphatic heterocycles. The van der Waals surface area contributed by atoms with E-state index in [4.69, 9.17) is 10.8 Å². The molecule has 1 rings (SSSR count). The highest BCUT2D eigenvalue weighted by atomic mass is 35.5. The number of carboxylic acid groups (broad SMARTS) is 1. The number of carbonyl (C=O) groups is 1. The average molecular weight is 195 g/mol. The first kappa shape index (κ1) is 11.5. The van der Waals surface area contributed by atoms with Crippen molar-refractivity contribution in [1.82, 2.24) is 4.90 Å². The molecule has 1 aliphatic rings. The van der Waals surface area contributed by atoms with Crippen LogP contribution in [0.2, 0.25) is 0 Å².